The Morgan fingerprint density at radius 2 is 1.90 bits per heavy atom. The lowest BCUT2D eigenvalue weighted by atomic mass is 9.88. The lowest BCUT2D eigenvalue weighted by Crippen LogP contribution is -2.23. The van der Waals surface area contributed by atoms with Crippen molar-refractivity contribution in [2.75, 3.05) is 19.6 Å². The molecule has 0 amide bonds. The first-order valence-corrected chi connectivity index (χ1v) is 6.45. The highest BCUT2D eigenvalue weighted by molar-refractivity contribution is 5.72. The number of carboxylic acid groups (broad SMARTS) is 1. The van der Waals surface area contributed by atoms with Gasteiger partial charge in [0.2, 0.25) is 0 Å². The summed E-state index contributed by atoms with van der Waals surface area (Å²) in [6.45, 7) is 3.69. The van der Waals surface area contributed by atoms with E-state index in [4.69, 9.17) is 0 Å². The van der Waals surface area contributed by atoms with E-state index in [1.807, 2.05) is 11.8 Å². The van der Waals surface area contributed by atoms with Gasteiger partial charge in [-0.05, 0) is 24.2 Å². The molecular formula is C14H16F3NO2. The Kier molecular flexibility index (Phi) is 4.04. The van der Waals surface area contributed by atoms with Crippen molar-refractivity contribution in [1.29, 1.82) is 0 Å². The molecule has 0 aromatic heterocycles. The van der Waals surface area contributed by atoms with Gasteiger partial charge in [-0.1, -0.05) is 19.1 Å². The first-order valence-electron chi connectivity index (χ1n) is 6.45. The van der Waals surface area contributed by atoms with Crippen LogP contribution >= 0.6 is 0 Å². The lowest BCUT2D eigenvalue weighted by molar-refractivity contribution is -0.142. The fraction of sp³-hybridized carbons (Fsp3) is 0.500. The number of hydrogen-bond acceptors (Lipinski definition) is 2. The van der Waals surface area contributed by atoms with Crippen LogP contribution in [0.4, 0.5) is 13.2 Å². The monoisotopic (exact) mass is 287 g/mol. The number of halogens is 3. The molecule has 1 aromatic carbocycles. The summed E-state index contributed by atoms with van der Waals surface area (Å²) in [6.07, 6.45) is -4.37. The van der Waals surface area contributed by atoms with Gasteiger partial charge in [-0.25, -0.2) is 0 Å². The fourth-order valence-corrected chi connectivity index (χ4v) is 2.65. The van der Waals surface area contributed by atoms with Crippen LogP contribution in [0.25, 0.3) is 0 Å². The molecule has 6 heteroatoms. The molecule has 2 unspecified atom stereocenters. The third-order valence-electron chi connectivity index (χ3n) is 3.83. The zero-order valence-corrected chi connectivity index (χ0v) is 11.0. The summed E-state index contributed by atoms with van der Waals surface area (Å²) in [5.41, 5.74) is -0.0557. The van der Waals surface area contributed by atoms with Crippen molar-refractivity contribution in [3.63, 3.8) is 0 Å². The quantitative estimate of drug-likeness (QED) is 0.929. The molecule has 1 fully saturated rings. The largest absolute Gasteiger partial charge is 0.481 e. The summed E-state index contributed by atoms with van der Waals surface area (Å²) in [4.78, 5) is 13.3. The van der Waals surface area contributed by atoms with Crippen LogP contribution < -0.4 is 0 Å². The molecule has 1 saturated heterocycles. The molecule has 2 atom stereocenters. The number of carboxylic acids is 1. The van der Waals surface area contributed by atoms with Gasteiger partial charge in [0.05, 0.1) is 11.5 Å². The number of hydrogen-bond donors (Lipinski definition) is 1. The Labute approximate surface area is 115 Å². The van der Waals surface area contributed by atoms with E-state index in [0.717, 1.165) is 18.7 Å². The standard InChI is InChI=1S/C14H16F3NO2/c1-2-18-7-11(12(8-18)13(19)20)9-3-5-10(6-4-9)14(15,16)17/h3-6,11-12H,2,7-8H2,1H3,(H,19,20). The smallest absolute Gasteiger partial charge is 0.416 e. The van der Waals surface area contributed by atoms with Gasteiger partial charge in [0.15, 0.2) is 0 Å². The van der Waals surface area contributed by atoms with Crippen molar-refractivity contribution in [3.05, 3.63) is 35.4 Å². The van der Waals surface area contributed by atoms with Crippen molar-refractivity contribution in [2.24, 2.45) is 5.92 Å². The SMILES string of the molecule is CCN1CC(C(=O)O)C(c2ccc(C(F)(F)F)cc2)C1. The molecule has 0 bridgehead atoms. The van der Waals surface area contributed by atoms with Crippen molar-refractivity contribution in [2.45, 2.75) is 19.0 Å². The molecule has 0 aliphatic carbocycles. The highest BCUT2D eigenvalue weighted by atomic mass is 19.4. The molecule has 2 rings (SSSR count). The Balaban J connectivity index is 2.23. The predicted octanol–water partition coefficient (Wildman–Crippen LogP) is 2.83. The molecule has 1 aliphatic rings. The Morgan fingerprint density at radius 1 is 1.30 bits per heavy atom. The number of likely N-dealkylation sites (tertiary alicyclic amines) is 1. The van der Waals surface area contributed by atoms with Gasteiger partial charge < -0.3 is 10.0 Å². The summed E-state index contributed by atoms with van der Waals surface area (Å²) >= 11 is 0. The van der Waals surface area contributed by atoms with Gasteiger partial charge in [0.25, 0.3) is 0 Å². The molecule has 0 saturated carbocycles. The molecule has 0 spiro atoms. The molecular weight excluding hydrogens is 271 g/mol. The molecule has 110 valence electrons. The second-order valence-electron chi connectivity index (χ2n) is 5.02. The highest BCUT2D eigenvalue weighted by Gasteiger charge is 2.38. The predicted molar refractivity (Wildman–Crippen MR) is 67.4 cm³/mol. The average Bonchev–Trinajstić information content (AvgIpc) is 2.82. The van der Waals surface area contributed by atoms with Crippen molar-refractivity contribution < 1.29 is 23.1 Å². The summed E-state index contributed by atoms with van der Waals surface area (Å²) in [5.74, 6) is -1.72. The third-order valence-corrected chi connectivity index (χ3v) is 3.83. The number of benzene rings is 1. The second-order valence-corrected chi connectivity index (χ2v) is 5.02. The topological polar surface area (TPSA) is 40.5 Å². The Bertz CT molecular complexity index is 484. The highest BCUT2D eigenvalue weighted by Crippen LogP contribution is 2.35. The van der Waals surface area contributed by atoms with Crippen LogP contribution in [-0.4, -0.2) is 35.6 Å². The lowest BCUT2D eigenvalue weighted by Gasteiger charge is -2.16. The van der Waals surface area contributed by atoms with Gasteiger partial charge in [0, 0.05) is 19.0 Å². The van der Waals surface area contributed by atoms with Crippen LogP contribution in [0.1, 0.15) is 24.0 Å². The molecule has 1 heterocycles. The molecule has 0 radical (unpaired) electrons. The zero-order valence-electron chi connectivity index (χ0n) is 11.0. The molecule has 1 N–H and O–H groups in total. The van der Waals surface area contributed by atoms with Gasteiger partial charge in [-0.3, -0.25) is 4.79 Å². The third kappa shape index (κ3) is 2.95. The van der Waals surface area contributed by atoms with Crippen LogP contribution in [0.5, 0.6) is 0 Å². The first kappa shape index (κ1) is 14.8. The number of likely N-dealkylation sites (N-methyl/N-ethyl adjacent to an activating group) is 1. The van der Waals surface area contributed by atoms with E-state index >= 15 is 0 Å². The van der Waals surface area contributed by atoms with Crippen LogP contribution in [0.2, 0.25) is 0 Å². The van der Waals surface area contributed by atoms with Crippen molar-refractivity contribution in [3.8, 4) is 0 Å². The van der Waals surface area contributed by atoms with E-state index in [0.29, 0.717) is 18.7 Å². The van der Waals surface area contributed by atoms with E-state index in [1.165, 1.54) is 12.1 Å². The van der Waals surface area contributed by atoms with Crippen molar-refractivity contribution in [1.82, 2.24) is 4.90 Å². The minimum Gasteiger partial charge on any atom is -0.481 e. The van der Waals surface area contributed by atoms with E-state index in [1.54, 1.807) is 0 Å². The van der Waals surface area contributed by atoms with Gasteiger partial charge >= 0.3 is 12.1 Å². The van der Waals surface area contributed by atoms with Crippen LogP contribution in [0, 0.1) is 5.92 Å². The molecule has 1 aromatic rings. The van der Waals surface area contributed by atoms with Gasteiger partial charge in [-0.2, -0.15) is 13.2 Å². The van der Waals surface area contributed by atoms with E-state index < -0.39 is 23.6 Å². The van der Waals surface area contributed by atoms with Gasteiger partial charge in [-0.15, -0.1) is 0 Å². The molecule has 3 nitrogen and oxygen atoms in total. The average molecular weight is 287 g/mol. The maximum atomic E-state index is 12.5. The van der Waals surface area contributed by atoms with E-state index in [9.17, 15) is 23.1 Å². The number of alkyl halides is 3. The second kappa shape index (κ2) is 5.44. The number of nitrogens with zero attached hydrogens (tertiary/aromatic N) is 1. The summed E-state index contributed by atoms with van der Waals surface area (Å²) in [5, 5.41) is 9.24. The van der Waals surface area contributed by atoms with E-state index in [2.05, 4.69) is 0 Å². The van der Waals surface area contributed by atoms with Crippen LogP contribution in [0.3, 0.4) is 0 Å². The minimum atomic E-state index is -4.37. The normalized spacial score (nSPS) is 24.0. The number of aliphatic carboxylic acids is 1. The Morgan fingerprint density at radius 3 is 2.35 bits per heavy atom. The Hall–Kier alpha value is -1.56. The van der Waals surface area contributed by atoms with Crippen LogP contribution in [0.15, 0.2) is 24.3 Å². The number of carbonyl (C=O) groups is 1. The fourth-order valence-electron chi connectivity index (χ4n) is 2.65. The minimum absolute atomic E-state index is 0.255. The van der Waals surface area contributed by atoms with Crippen molar-refractivity contribution >= 4 is 5.97 Å². The van der Waals surface area contributed by atoms with Gasteiger partial charge in [0.1, 0.15) is 0 Å². The zero-order chi connectivity index (χ0) is 14.9. The number of rotatable bonds is 3. The van der Waals surface area contributed by atoms with Crippen LogP contribution in [-0.2, 0) is 11.0 Å². The molecule has 20 heavy (non-hydrogen) atoms. The summed E-state index contributed by atoms with van der Waals surface area (Å²) < 4.78 is 37.5. The molecule has 1 aliphatic heterocycles. The van der Waals surface area contributed by atoms with E-state index in [-0.39, 0.29) is 5.92 Å². The summed E-state index contributed by atoms with van der Waals surface area (Å²) in [7, 11) is 0. The first-order chi connectivity index (χ1) is 9.32. The maximum absolute atomic E-state index is 12.5. The maximum Gasteiger partial charge on any atom is 0.416 e. The summed E-state index contributed by atoms with van der Waals surface area (Å²) in [6, 6.07) is 4.82.